The molecule has 1 amide bonds. The summed E-state index contributed by atoms with van der Waals surface area (Å²) in [6.45, 7) is 30.5. The van der Waals surface area contributed by atoms with Crippen LogP contribution in [0.1, 0.15) is 309 Å². The number of aryl methyl sites for hydroxylation is 1. The second kappa shape index (κ2) is 45.1. The number of aliphatic carboxylic acids is 1. The zero-order chi connectivity index (χ0) is 93.2. The van der Waals surface area contributed by atoms with E-state index in [2.05, 4.69) is 128 Å². The van der Waals surface area contributed by atoms with Crippen LogP contribution in [0.2, 0.25) is 0 Å². The number of unbranched alkanes of at least 4 members (excludes halogenated alkanes) is 8. The van der Waals surface area contributed by atoms with Crippen molar-refractivity contribution in [2.45, 2.75) is 240 Å². The standard InChI is InChI=1S/C29H26N2O.C28H36O5S.C27H38O5S.C27H24O3.2CH4/c1-19-8-11-23(12-9-19)31-28(32)21-10-13-26-25(17-21)24(14-15-29(26,2)3)22-16-20-6-4-5-7-27(20)30-18-22;1-5-6-7-8-9-15-33-25-19-26-24(28(3,4)14-16-34(26,31)32)18-23(25)20(2)17-21-10-12-22(13-11-21)27(29)30;1-6-7-8-9-10-15-32-24-19-25-23(27(4,5)14-16-33(25,30)31)18-22(24)21(3)13-11-12-20(2)17-26(28)29;1-27(2)15-14-22(19-6-4-3-5-7-19)23-17-21(12-13-24(23)27)25(28)16-18-8-10-20(11-9-18)26(29)30;;/h4-14,16-18H,15H2,1-3H3,(H,31,32);10-13,17-19H,5-9,14-16H2,1-4H3,(H,29,30);11-13,17-19H,6-10,14-16H2,1-5H3,(H,28,29);3-14,17H,15-16H2,1-2H3,(H,29,30);2*1H4/b;20-17+;12-11+,20-17+,21-13+;;;. The van der Waals surface area contributed by atoms with Crippen molar-refractivity contribution in [1.82, 2.24) is 4.98 Å². The number of anilines is 1. The third kappa shape index (κ3) is 26.6. The van der Waals surface area contributed by atoms with Gasteiger partial charge in [0.25, 0.3) is 5.91 Å². The summed E-state index contributed by atoms with van der Waals surface area (Å²) in [7, 11) is -6.68. The van der Waals surface area contributed by atoms with Crippen molar-refractivity contribution in [2.75, 3.05) is 30.0 Å². The van der Waals surface area contributed by atoms with Crippen LogP contribution in [-0.2, 0) is 52.5 Å². The highest BCUT2D eigenvalue weighted by atomic mass is 32.2. The molecule has 1 aromatic heterocycles. The largest absolute Gasteiger partial charge is 0.493 e. The normalized spacial score (nSPS) is 15.7. The molecule has 0 fully saturated rings. The number of hydrogen-bond donors (Lipinski definition) is 4. The van der Waals surface area contributed by atoms with Crippen molar-refractivity contribution < 1.29 is 65.6 Å². The van der Waals surface area contributed by atoms with E-state index in [4.69, 9.17) is 24.8 Å². The van der Waals surface area contributed by atoms with E-state index >= 15 is 0 Å². The number of ether oxygens (including phenoxy) is 2. The predicted octanol–water partition coefficient (Wildman–Crippen LogP) is 27.3. The van der Waals surface area contributed by atoms with Gasteiger partial charge in [-0.25, -0.2) is 31.2 Å². The van der Waals surface area contributed by atoms with Gasteiger partial charge in [-0.15, -0.1) is 0 Å². The number of aromatic carboxylic acids is 2. The molecular weight excluding hydrogens is 1670 g/mol. The lowest BCUT2D eigenvalue weighted by atomic mass is 9.71. The molecule has 0 radical (unpaired) electrons. The van der Waals surface area contributed by atoms with Crippen molar-refractivity contribution in [3.05, 3.63) is 337 Å². The van der Waals surface area contributed by atoms with E-state index in [0.29, 0.717) is 64.0 Å². The monoisotopic (exact) mass is 1800 g/mol. The number of hydrogen-bond acceptors (Lipinski definition) is 12. The summed E-state index contributed by atoms with van der Waals surface area (Å²) in [5, 5.41) is 31.2. The van der Waals surface area contributed by atoms with E-state index in [9.17, 15) is 40.8 Å². The fraction of sp³-hybridized carbons (Fsp3) is 0.345. The molecule has 18 heteroatoms. The number of carboxylic acid groups (broad SMARTS) is 3. The van der Waals surface area contributed by atoms with Gasteiger partial charge in [0.05, 0.1) is 51.2 Å². The van der Waals surface area contributed by atoms with Gasteiger partial charge < -0.3 is 30.1 Å². The molecule has 690 valence electrons. The maximum atomic E-state index is 13.0. The number of nitrogens with one attached hydrogen (secondary N) is 1. The summed E-state index contributed by atoms with van der Waals surface area (Å²) < 4.78 is 63.8. The second-order valence-corrected chi connectivity index (χ2v) is 41.1. The van der Waals surface area contributed by atoms with Crippen LogP contribution in [0, 0.1) is 6.92 Å². The van der Waals surface area contributed by atoms with Crippen LogP contribution in [0.4, 0.5) is 5.69 Å². The highest BCUT2D eigenvalue weighted by Crippen LogP contribution is 2.48. The number of Topliss-reactive ketones (excluding diaryl/α,β-unsaturated/α-hetero) is 1. The van der Waals surface area contributed by atoms with Crippen LogP contribution >= 0.6 is 0 Å². The predicted molar refractivity (Wildman–Crippen MR) is 536 cm³/mol. The highest BCUT2D eigenvalue weighted by Gasteiger charge is 2.39. The number of ketones is 1. The number of pyridine rings is 1. The van der Waals surface area contributed by atoms with Gasteiger partial charge in [-0.2, -0.15) is 0 Å². The molecule has 10 aromatic rings. The molecule has 0 saturated heterocycles. The lowest BCUT2D eigenvalue weighted by Crippen LogP contribution is -2.30. The Labute approximate surface area is 777 Å². The van der Waals surface area contributed by atoms with Crippen LogP contribution in [0.15, 0.2) is 252 Å². The highest BCUT2D eigenvalue weighted by molar-refractivity contribution is 7.91. The first-order valence-corrected chi connectivity index (χ1v) is 48.3. The second-order valence-electron chi connectivity index (χ2n) is 36.9. The van der Waals surface area contributed by atoms with Crippen LogP contribution < -0.4 is 14.8 Å². The first kappa shape index (κ1) is 103. The third-order valence-corrected chi connectivity index (χ3v) is 28.4. The molecule has 0 atom stereocenters. The fourth-order valence-electron chi connectivity index (χ4n) is 16.8. The van der Waals surface area contributed by atoms with Crippen molar-refractivity contribution in [3.8, 4) is 11.5 Å². The van der Waals surface area contributed by atoms with Gasteiger partial charge in [0, 0.05) is 57.6 Å². The molecule has 16 nitrogen and oxygen atoms in total. The number of rotatable bonds is 29. The van der Waals surface area contributed by atoms with E-state index in [1.165, 1.54) is 67.4 Å². The number of fused-ring (bicyclic) bond motifs is 5. The van der Waals surface area contributed by atoms with Gasteiger partial charge in [-0.05, 0) is 257 Å². The van der Waals surface area contributed by atoms with Crippen LogP contribution in [0.5, 0.6) is 11.5 Å². The molecule has 4 N–H and O–H groups in total. The van der Waals surface area contributed by atoms with E-state index in [0.717, 1.165) is 139 Å². The Morgan fingerprint density at radius 1 is 0.489 bits per heavy atom. The number of para-hydroxylation sites is 1. The smallest absolute Gasteiger partial charge is 0.335 e. The molecule has 0 spiro atoms. The summed E-state index contributed by atoms with van der Waals surface area (Å²) in [6.07, 6.45) is 29.5. The number of sulfone groups is 2. The Morgan fingerprint density at radius 2 is 0.962 bits per heavy atom. The number of carbonyl (C=O) groups is 5. The molecule has 9 aromatic carbocycles. The summed E-state index contributed by atoms with van der Waals surface area (Å²) in [6, 6.07) is 61.2. The maximum absolute atomic E-state index is 13.0. The first-order valence-electron chi connectivity index (χ1n) is 45.0. The number of allylic oxidation sites excluding steroid dienone is 8. The van der Waals surface area contributed by atoms with Crippen LogP contribution in [0.25, 0.3) is 39.3 Å². The minimum Gasteiger partial charge on any atom is -0.493 e. The number of carbonyl (C=O) groups excluding carboxylic acids is 2. The quantitative estimate of drug-likeness (QED) is 0.0112. The van der Waals surface area contributed by atoms with E-state index in [1.54, 1.807) is 67.6 Å². The molecule has 2 aliphatic heterocycles. The van der Waals surface area contributed by atoms with Gasteiger partial charge in [-0.1, -0.05) is 281 Å². The topological polar surface area (TPSA) is 258 Å². The van der Waals surface area contributed by atoms with E-state index in [1.807, 2.05) is 136 Å². The molecule has 0 saturated carbocycles. The van der Waals surface area contributed by atoms with Crippen LogP contribution in [-0.4, -0.2) is 91.5 Å². The van der Waals surface area contributed by atoms with Gasteiger partial charge >= 0.3 is 17.9 Å². The summed E-state index contributed by atoms with van der Waals surface area (Å²) >= 11 is 0. The average molecular weight is 1810 g/mol. The summed E-state index contributed by atoms with van der Waals surface area (Å²) in [4.78, 5) is 64.4. The molecular formula is C113H132N2O14S2. The number of amides is 1. The Bertz CT molecular complexity index is 6220. The minimum absolute atomic E-state index is 0. The number of benzene rings is 9. The molecule has 4 aliphatic rings. The van der Waals surface area contributed by atoms with Crippen molar-refractivity contribution in [3.63, 3.8) is 0 Å². The zero-order valence-electron chi connectivity index (χ0n) is 77.1. The summed E-state index contributed by atoms with van der Waals surface area (Å²) in [5.74, 6) is -1.51. The molecule has 2 aliphatic carbocycles. The lowest BCUT2D eigenvalue weighted by Gasteiger charge is -2.33. The number of carboxylic acids is 3. The zero-order valence-corrected chi connectivity index (χ0v) is 78.8. The molecule has 14 rings (SSSR count). The van der Waals surface area contributed by atoms with Crippen molar-refractivity contribution in [2.24, 2.45) is 0 Å². The third-order valence-electron chi connectivity index (χ3n) is 24.9. The Hall–Kier alpha value is -12.1. The lowest BCUT2D eigenvalue weighted by molar-refractivity contribution is -0.131. The Morgan fingerprint density at radius 3 is 1.48 bits per heavy atom. The van der Waals surface area contributed by atoms with E-state index in [-0.39, 0.29) is 77.3 Å². The van der Waals surface area contributed by atoms with Crippen molar-refractivity contribution >= 4 is 94.2 Å². The Balaban J connectivity index is 0.000000196. The molecule has 3 heterocycles. The average Bonchev–Trinajstić information content (AvgIpc) is 0.747. The first-order chi connectivity index (χ1) is 61.3. The molecule has 0 unspecified atom stereocenters. The number of aromatic nitrogens is 1. The van der Waals surface area contributed by atoms with Gasteiger partial charge in [0.15, 0.2) is 25.5 Å². The maximum Gasteiger partial charge on any atom is 0.335 e. The van der Waals surface area contributed by atoms with E-state index < -0.39 is 37.6 Å². The number of nitrogens with zero attached hydrogens (tertiary/aromatic N) is 1. The SMILES string of the molecule is C.C.CC1(C)CC=C(c2ccccc2)c2cc(C(=O)Cc3ccc(C(=O)O)cc3)ccc21.CCCCCCCOc1cc2c(cc1/C(C)=C/C=C/C(C)=C/C(=O)O)C(C)(C)CCS2(=O)=O.CCCCCCCOc1cc2c(cc1/C(C)=C/c1ccc(C(=O)O)cc1)C(C)(C)CCS2(=O)=O.Cc1ccc(NC(=O)c2ccc3c(c2)C(c2cnc4ccccc4c2)=CCC3(C)C)cc1. The van der Waals surface area contributed by atoms with Crippen molar-refractivity contribution in [1.29, 1.82) is 0 Å². The van der Waals surface area contributed by atoms with Gasteiger partial charge in [-0.3, -0.25) is 14.6 Å². The van der Waals surface area contributed by atoms with Gasteiger partial charge in [0.1, 0.15) is 11.5 Å². The van der Waals surface area contributed by atoms with Crippen LogP contribution in [0.3, 0.4) is 0 Å². The fourth-order valence-corrected chi connectivity index (χ4v) is 20.7. The molecule has 131 heavy (non-hydrogen) atoms. The molecule has 0 bridgehead atoms. The van der Waals surface area contributed by atoms with Gasteiger partial charge in [0.2, 0.25) is 0 Å². The summed E-state index contributed by atoms with van der Waals surface area (Å²) in [5.41, 5.74) is 21.1. The minimum atomic E-state index is -3.35. The Kier molecular flexibility index (Phi) is 35.4.